The fourth-order valence-corrected chi connectivity index (χ4v) is 3.23. The number of aliphatic carboxylic acids is 1. The number of nitrogens with zero attached hydrogens (tertiary/aromatic N) is 1. The van der Waals surface area contributed by atoms with Crippen molar-refractivity contribution in [2.24, 2.45) is 0 Å². The molecule has 1 aliphatic rings. The molecule has 27 heavy (non-hydrogen) atoms. The molecule has 0 saturated carbocycles. The maximum atomic E-state index is 12.4. The molecule has 0 aliphatic carbocycles. The summed E-state index contributed by atoms with van der Waals surface area (Å²) in [5, 5.41) is 10.1. The number of carboxylic acids is 1. The van der Waals surface area contributed by atoms with Gasteiger partial charge in [0.25, 0.3) is 0 Å². The first-order chi connectivity index (χ1) is 12.5. The zero-order valence-corrected chi connectivity index (χ0v) is 17.2. The number of likely N-dealkylation sites (tertiary alicyclic amines) is 1. The third kappa shape index (κ3) is 5.51. The van der Waals surface area contributed by atoms with Crippen molar-refractivity contribution in [3.05, 3.63) is 28.8 Å². The molecule has 1 aromatic carbocycles. The van der Waals surface area contributed by atoms with Gasteiger partial charge in [0.15, 0.2) is 0 Å². The summed E-state index contributed by atoms with van der Waals surface area (Å²) in [7, 11) is 0. The monoisotopic (exact) mass is 397 g/mol. The van der Waals surface area contributed by atoms with E-state index < -0.39 is 29.8 Å². The van der Waals surface area contributed by atoms with Gasteiger partial charge in [-0.1, -0.05) is 25.4 Å². The summed E-state index contributed by atoms with van der Waals surface area (Å²) in [5.41, 5.74) is 0.284. The summed E-state index contributed by atoms with van der Waals surface area (Å²) < 4.78 is 11.5. The Morgan fingerprint density at radius 3 is 2.59 bits per heavy atom. The molecule has 7 heteroatoms. The molecule has 1 fully saturated rings. The van der Waals surface area contributed by atoms with Crippen LogP contribution in [-0.4, -0.2) is 46.4 Å². The van der Waals surface area contributed by atoms with E-state index in [1.807, 2.05) is 6.07 Å². The Hall–Kier alpha value is -1.95. The third-order valence-corrected chi connectivity index (χ3v) is 4.82. The van der Waals surface area contributed by atoms with E-state index in [0.717, 1.165) is 12.0 Å². The number of ether oxygens (including phenoxy) is 2. The van der Waals surface area contributed by atoms with Crippen molar-refractivity contribution in [3.8, 4) is 5.75 Å². The van der Waals surface area contributed by atoms with E-state index in [1.54, 1.807) is 32.9 Å². The van der Waals surface area contributed by atoms with E-state index in [1.165, 1.54) is 4.90 Å². The van der Waals surface area contributed by atoms with E-state index in [-0.39, 0.29) is 18.9 Å². The van der Waals surface area contributed by atoms with Gasteiger partial charge in [0, 0.05) is 11.4 Å². The van der Waals surface area contributed by atoms with E-state index in [0.29, 0.717) is 10.8 Å². The molecule has 150 valence electrons. The van der Waals surface area contributed by atoms with Gasteiger partial charge in [-0.15, -0.1) is 0 Å². The fraction of sp³-hybridized carbons (Fsp3) is 0.600. The van der Waals surface area contributed by atoms with Crippen LogP contribution >= 0.6 is 11.6 Å². The molecule has 6 nitrogen and oxygen atoms in total. The summed E-state index contributed by atoms with van der Waals surface area (Å²) in [5.74, 6) is -0.142. The van der Waals surface area contributed by atoms with Crippen LogP contribution in [0.3, 0.4) is 0 Å². The lowest BCUT2D eigenvalue weighted by Gasteiger charge is -2.26. The molecule has 1 heterocycles. The lowest BCUT2D eigenvalue weighted by atomic mass is 9.97. The lowest BCUT2D eigenvalue weighted by molar-refractivity contribution is -0.142. The molecular weight excluding hydrogens is 370 g/mol. The highest BCUT2D eigenvalue weighted by molar-refractivity contribution is 6.30. The van der Waals surface area contributed by atoms with Crippen LogP contribution in [0.25, 0.3) is 0 Å². The third-order valence-electron chi connectivity index (χ3n) is 4.58. The Kier molecular flexibility index (Phi) is 6.63. The average Bonchev–Trinajstić information content (AvgIpc) is 2.98. The van der Waals surface area contributed by atoms with Gasteiger partial charge < -0.3 is 14.6 Å². The van der Waals surface area contributed by atoms with Crippen LogP contribution in [-0.2, 0) is 9.53 Å². The molecule has 1 saturated heterocycles. The number of carbonyl (C=O) groups excluding carboxylic acids is 1. The zero-order chi connectivity index (χ0) is 20.4. The standard InChI is InChI=1S/C20H28ClNO5/c1-6-12(2)15-9-13(21)7-8-17(15)26-14-10-16(18(23)24)22(11-14)19(25)27-20(3,4)5/h7-9,12,14,16H,6,10-11H2,1-5H3,(H,23,24). The van der Waals surface area contributed by atoms with Crippen LogP contribution < -0.4 is 4.74 Å². The van der Waals surface area contributed by atoms with Gasteiger partial charge in [0.1, 0.15) is 23.5 Å². The molecule has 0 spiro atoms. The number of hydrogen-bond donors (Lipinski definition) is 1. The van der Waals surface area contributed by atoms with E-state index in [9.17, 15) is 14.7 Å². The molecule has 0 bridgehead atoms. The van der Waals surface area contributed by atoms with Gasteiger partial charge in [-0.05, 0) is 56.9 Å². The van der Waals surface area contributed by atoms with Crippen LogP contribution in [0.15, 0.2) is 18.2 Å². The number of rotatable bonds is 5. The quantitative estimate of drug-likeness (QED) is 0.779. The molecule has 3 unspecified atom stereocenters. The molecular formula is C20H28ClNO5. The highest BCUT2D eigenvalue weighted by atomic mass is 35.5. The Morgan fingerprint density at radius 1 is 1.37 bits per heavy atom. The van der Waals surface area contributed by atoms with Crippen molar-refractivity contribution in [3.63, 3.8) is 0 Å². The number of halogens is 1. The summed E-state index contributed by atoms with van der Waals surface area (Å²) in [6, 6.07) is 4.46. The Morgan fingerprint density at radius 2 is 2.04 bits per heavy atom. The topological polar surface area (TPSA) is 76.1 Å². The first-order valence-electron chi connectivity index (χ1n) is 9.20. The summed E-state index contributed by atoms with van der Waals surface area (Å²) in [6.45, 7) is 9.56. The Balaban J connectivity index is 2.19. The van der Waals surface area contributed by atoms with Gasteiger partial charge in [-0.3, -0.25) is 4.90 Å². The number of hydrogen-bond acceptors (Lipinski definition) is 4. The van der Waals surface area contributed by atoms with Gasteiger partial charge >= 0.3 is 12.1 Å². The van der Waals surface area contributed by atoms with Crippen molar-refractivity contribution in [1.82, 2.24) is 4.90 Å². The normalized spacial score (nSPS) is 21.0. The smallest absolute Gasteiger partial charge is 0.411 e. The fourth-order valence-electron chi connectivity index (χ4n) is 3.05. The first kappa shape index (κ1) is 21.4. The summed E-state index contributed by atoms with van der Waals surface area (Å²) in [6.07, 6.45) is 0.0576. The molecule has 3 atom stereocenters. The summed E-state index contributed by atoms with van der Waals surface area (Å²) >= 11 is 6.12. The second kappa shape index (κ2) is 8.38. The molecule has 0 radical (unpaired) electrons. The minimum Gasteiger partial charge on any atom is -0.488 e. The first-order valence-corrected chi connectivity index (χ1v) is 9.58. The minimum atomic E-state index is -1.06. The molecule has 1 N–H and O–H groups in total. The Bertz CT molecular complexity index is 700. The Labute approximate surface area is 165 Å². The molecule has 1 amide bonds. The number of benzene rings is 1. The maximum absolute atomic E-state index is 12.4. The van der Waals surface area contributed by atoms with Gasteiger partial charge in [0.2, 0.25) is 0 Å². The largest absolute Gasteiger partial charge is 0.488 e. The van der Waals surface area contributed by atoms with Crippen molar-refractivity contribution < 1.29 is 24.2 Å². The number of carboxylic acid groups (broad SMARTS) is 1. The van der Waals surface area contributed by atoms with Gasteiger partial charge in [-0.2, -0.15) is 0 Å². The minimum absolute atomic E-state index is 0.161. The summed E-state index contributed by atoms with van der Waals surface area (Å²) in [4.78, 5) is 25.3. The predicted octanol–water partition coefficient (Wildman–Crippen LogP) is 4.69. The SMILES string of the molecule is CCC(C)c1cc(Cl)ccc1OC1CC(C(=O)O)N(C(=O)OC(C)(C)C)C1. The average molecular weight is 398 g/mol. The molecule has 2 rings (SSSR count). The molecule has 1 aliphatic heterocycles. The second-order valence-electron chi connectivity index (χ2n) is 7.95. The maximum Gasteiger partial charge on any atom is 0.411 e. The highest BCUT2D eigenvalue weighted by Gasteiger charge is 2.42. The highest BCUT2D eigenvalue weighted by Crippen LogP contribution is 2.34. The van der Waals surface area contributed by atoms with Crippen LogP contribution in [0.4, 0.5) is 4.79 Å². The van der Waals surface area contributed by atoms with Crippen molar-refractivity contribution in [2.75, 3.05) is 6.54 Å². The van der Waals surface area contributed by atoms with Crippen molar-refractivity contribution >= 4 is 23.7 Å². The van der Waals surface area contributed by atoms with E-state index in [4.69, 9.17) is 21.1 Å². The van der Waals surface area contributed by atoms with Gasteiger partial charge in [-0.25, -0.2) is 9.59 Å². The van der Waals surface area contributed by atoms with Gasteiger partial charge in [0.05, 0.1) is 6.54 Å². The number of carbonyl (C=O) groups is 2. The van der Waals surface area contributed by atoms with Crippen LogP contribution in [0.1, 0.15) is 58.9 Å². The van der Waals surface area contributed by atoms with Crippen LogP contribution in [0, 0.1) is 0 Å². The zero-order valence-electron chi connectivity index (χ0n) is 16.5. The lowest BCUT2D eigenvalue weighted by Crippen LogP contribution is -2.43. The number of amides is 1. The van der Waals surface area contributed by atoms with E-state index >= 15 is 0 Å². The van der Waals surface area contributed by atoms with Crippen molar-refractivity contribution in [2.45, 2.75) is 71.1 Å². The van der Waals surface area contributed by atoms with Crippen LogP contribution in [0.2, 0.25) is 5.02 Å². The second-order valence-corrected chi connectivity index (χ2v) is 8.39. The van der Waals surface area contributed by atoms with E-state index in [2.05, 4.69) is 13.8 Å². The van der Waals surface area contributed by atoms with Crippen LogP contribution in [0.5, 0.6) is 5.75 Å². The van der Waals surface area contributed by atoms with Crippen molar-refractivity contribution in [1.29, 1.82) is 0 Å². The molecule has 0 aromatic heterocycles. The molecule has 1 aromatic rings. The predicted molar refractivity (Wildman–Crippen MR) is 104 cm³/mol.